The summed E-state index contributed by atoms with van der Waals surface area (Å²) in [7, 11) is 0. The molecule has 0 saturated carbocycles. The lowest BCUT2D eigenvalue weighted by atomic mass is 10.0. The molecule has 3 heterocycles. The number of aromatic amines is 1. The fourth-order valence-electron chi connectivity index (χ4n) is 3.37. The predicted molar refractivity (Wildman–Crippen MR) is 91.2 cm³/mol. The number of pyridine rings is 1. The van der Waals surface area contributed by atoms with E-state index >= 15 is 0 Å². The zero-order valence-electron chi connectivity index (χ0n) is 13.3. The number of aromatic nitrogens is 2. The Kier molecular flexibility index (Phi) is 3.78. The van der Waals surface area contributed by atoms with Crippen LogP contribution in [0.3, 0.4) is 0 Å². The largest absolute Gasteiger partial charge is 0.388 e. The summed E-state index contributed by atoms with van der Waals surface area (Å²) in [5, 5.41) is 11.3. The molecule has 1 aliphatic rings. The van der Waals surface area contributed by atoms with E-state index in [1.54, 1.807) is 6.20 Å². The molecule has 0 radical (unpaired) electrons. The van der Waals surface area contributed by atoms with Gasteiger partial charge >= 0.3 is 0 Å². The number of hydrogen-bond donors (Lipinski definition) is 2. The minimum absolute atomic E-state index is 0.0728. The van der Waals surface area contributed by atoms with Crippen LogP contribution in [0.1, 0.15) is 29.2 Å². The topological polar surface area (TPSA) is 69.2 Å². The lowest BCUT2D eigenvalue weighted by Crippen LogP contribution is -2.32. The van der Waals surface area contributed by atoms with Gasteiger partial charge in [0.05, 0.1) is 12.5 Å². The maximum Gasteiger partial charge on any atom is 0.227 e. The van der Waals surface area contributed by atoms with E-state index in [2.05, 4.69) is 9.97 Å². The van der Waals surface area contributed by atoms with Crippen molar-refractivity contribution in [1.29, 1.82) is 0 Å². The molecule has 3 aromatic rings. The molecule has 0 fully saturated rings. The number of nitrogens with zero attached hydrogens (tertiary/aromatic N) is 2. The Morgan fingerprint density at radius 1 is 1.29 bits per heavy atom. The van der Waals surface area contributed by atoms with Crippen molar-refractivity contribution in [3.05, 3.63) is 65.5 Å². The number of H-pyrrole nitrogens is 1. The molecule has 1 aromatic carbocycles. The van der Waals surface area contributed by atoms with E-state index in [0.717, 1.165) is 27.7 Å². The monoisotopic (exact) mass is 321 g/mol. The number of rotatable bonds is 2. The molecule has 2 N–H and O–H groups in total. The second kappa shape index (κ2) is 6.09. The van der Waals surface area contributed by atoms with Crippen LogP contribution < -0.4 is 0 Å². The van der Waals surface area contributed by atoms with Gasteiger partial charge in [0, 0.05) is 30.9 Å². The van der Waals surface area contributed by atoms with Crippen molar-refractivity contribution >= 4 is 16.9 Å². The number of carbonyl (C=O) groups excluding carboxylic acids is 1. The van der Waals surface area contributed by atoms with E-state index in [4.69, 9.17) is 0 Å². The number of hydrogen-bond acceptors (Lipinski definition) is 3. The molecule has 5 heteroatoms. The summed E-state index contributed by atoms with van der Waals surface area (Å²) < 4.78 is 0. The molecule has 24 heavy (non-hydrogen) atoms. The summed E-state index contributed by atoms with van der Waals surface area (Å²) in [6.07, 6.45) is 3.99. The Morgan fingerprint density at radius 2 is 2.17 bits per heavy atom. The molecule has 4 rings (SSSR count). The van der Waals surface area contributed by atoms with Crippen LogP contribution in [0.5, 0.6) is 0 Å². The van der Waals surface area contributed by atoms with Gasteiger partial charge in [-0.15, -0.1) is 0 Å². The van der Waals surface area contributed by atoms with E-state index in [1.807, 2.05) is 47.5 Å². The number of aliphatic hydroxyl groups excluding tert-OH is 1. The second-order valence-corrected chi connectivity index (χ2v) is 6.21. The lowest BCUT2D eigenvalue weighted by molar-refractivity contribution is -0.131. The minimum atomic E-state index is -0.503. The Balaban J connectivity index is 1.57. The quantitative estimate of drug-likeness (QED) is 0.762. The number of fused-ring (bicyclic) bond motifs is 2. The molecule has 5 nitrogen and oxygen atoms in total. The van der Waals surface area contributed by atoms with Crippen molar-refractivity contribution in [2.75, 3.05) is 6.54 Å². The molecule has 2 aromatic heterocycles. The average Bonchev–Trinajstić information content (AvgIpc) is 2.93. The molecule has 122 valence electrons. The van der Waals surface area contributed by atoms with Gasteiger partial charge in [0.25, 0.3) is 0 Å². The van der Waals surface area contributed by atoms with Crippen LogP contribution in [0.15, 0.2) is 48.8 Å². The fourth-order valence-corrected chi connectivity index (χ4v) is 3.37. The fraction of sp³-hybridized carbons (Fsp3) is 0.263. The van der Waals surface area contributed by atoms with Gasteiger partial charge in [-0.1, -0.05) is 24.3 Å². The van der Waals surface area contributed by atoms with E-state index in [-0.39, 0.29) is 5.91 Å². The number of carbonyl (C=O) groups is 1. The first-order chi connectivity index (χ1) is 11.7. The van der Waals surface area contributed by atoms with Crippen LogP contribution in [0.25, 0.3) is 11.0 Å². The van der Waals surface area contributed by atoms with Gasteiger partial charge in [-0.3, -0.25) is 4.79 Å². The lowest BCUT2D eigenvalue weighted by Gasteiger charge is -2.20. The molecule has 0 aliphatic carbocycles. The number of nitrogens with one attached hydrogen (secondary N) is 1. The Hall–Kier alpha value is -2.66. The van der Waals surface area contributed by atoms with Gasteiger partial charge in [-0.25, -0.2) is 4.98 Å². The highest BCUT2D eigenvalue weighted by Crippen LogP contribution is 2.27. The first-order valence-electron chi connectivity index (χ1n) is 8.17. The van der Waals surface area contributed by atoms with Gasteiger partial charge in [-0.2, -0.15) is 0 Å². The zero-order valence-corrected chi connectivity index (χ0v) is 13.3. The highest BCUT2D eigenvalue weighted by molar-refractivity contribution is 5.87. The van der Waals surface area contributed by atoms with Crippen molar-refractivity contribution in [2.45, 2.75) is 25.5 Å². The zero-order chi connectivity index (χ0) is 16.5. The molecule has 0 saturated heterocycles. The van der Waals surface area contributed by atoms with Gasteiger partial charge in [0.2, 0.25) is 5.91 Å². The molecule has 1 aliphatic heterocycles. The van der Waals surface area contributed by atoms with E-state index in [0.29, 0.717) is 25.9 Å². The summed E-state index contributed by atoms with van der Waals surface area (Å²) in [5.41, 5.74) is 3.72. The molecule has 1 atom stereocenters. The highest BCUT2D eigenvalue weighted by atomic mass is 16.3. The Labute approximate surface area is 139 Å². The average molecular weight is 321 g/mol. The third-order valence-electron chi connectivity index (χ3n) is 4.68. The van der Waals surface area contributed by atoms with Crippen LogP contribution in [0, 0.1) is 0 Å². The minimum Gasteiger partial charge on any atom is -0.388 e. The Morgan fingerprint density at radius 3 is 3.08 bits per heavy atom. The molecule has 0 spiro atoms. The number of aliphatic hydroxyl groups is 1. The van der Waals surface area contributed by atoms with Gasteiger partial charge in [-0.05, 0) is 35.2 Å². The maximum absolute atomic E-state index is 12.8. The molecule has 1 amide bonds. The van der Waals surface area contributed by atoms with Crippen LogP contribution in [0.4, 0.5) is 0 Å². The van der Waals surface area contributed by atoms with Gasteiger partial charge in [0.1, 0.15) is 5.65 Å². The number of benzene rings is 1. The van der Waals surface area contributed by atoms with Crippen LogP contribution in [-0.4, -0.2) is 32.4 Å². The summed E-state index contributed by atoms with van der Waals surface area (Å²) in [6, 6.07) is 11.7. The van der Waals surface area contributed by atoms with E-state index in [1.165, 1.54) is 0 Å². The first kappa shape index (κ1) is 14.9. The second-order valence-electron chi connectivity index (χ2n) is 6.21. The summed E-state index contributed by atoms with van der Waals surface area (Å²) in [4.78, 5) is 22.0. The molecule has 0 bridgehead atoms. The molecular formula is C19H19N3O2. The van der Waals surface area contributed by atoms with Gasteiger partial charge in [0.15, 0.2) is 0 Å². The standard InChI is InChI=1S/C19H19N3O2/c23-17-7-9-22(12-13-4-1-2-5-15(13)17)18(24)10-14-11-21-19-16(14)6-3-8-20-19/h1-6,8,11,17,23H,7,9-10,12H2,(H,20,21). The van der Waals surface area contributed by atoms with Crippen molar-refractivity contribution in [1.82, 2.24) is 14.9 Å². The van der Waals surface area contributed by atoms with Crippen molar-refractivity contribution < 1.29 is 9.90 Å². The third-order valence-corrected chi connectivity index (χ3v) is 4.68. The predicted octanol–water partition coefficient (Wildman–Crippen LogP) is 2.57. The van der Waals surface area contributed by atoms with Crippen molar-refractivity contribution in [3.8, 4) is 0 Å². The Bertz CT molecular complexity index is 887. The van der Waals surface area contributed by atoms with Gasteiger partial charge < -0.3 is 15.0 Å². The number of amides is 1. The molecule has 1 unspecified atom stereocenters. The smallest absolute Gasteiger partial charge is 0.227 e. The molecular weight excluding hydrogens is 302 g/mol. The summed E-state index contributed by atoms with van der Waals surface area (Å²) >= 11 is 0. The third kappa shape index (κ3) is 2.67. The van der Waals surface area contributed by atoms with Crippen LogP contribution >= 0.6 is 0 Å². The summed E-state index contributed by atoms with van der Waals surface area (Å²) in [6.45, 7) is 1.11. The van der Waals surface area contributed by atoms with E-state index in [9.17, 15) is 9.90 Å². The first-order valence-corrected chi connectivity index (χ1v) is 8.17. The van der Waals surface area contributed by atoms with Crippen LogP contribution in [-0.2, 0) is 17.8 Å². The van der Waals surface area contributed by atoms with Crippen molar-refractivity contribution in [3.63, 3.8) is 0 Å². The van der Waals surface area contributed by atoms with Crippen LogP contribution in [0.2, 0.25) is 0 Å². The highest BCUT2D eigenvalue weighted by Gasteiger charge is 2.24. The van der Waals surface area contributed by atoms with E-state index < -0.39 is 6.10 Å². The maximum atomic E-state index is 12.8. The summed E-state index contributed by atoms with van der Waals surface area (Å²) in [5.74, 6) is 0.0728. The normalized spacial score (nSPS) is 17.5. The SMILES string of the molecule is O=C(Cc1c[nH]c2ncccc12)N1CCC(O)c2ccccc2C1. The van der Waals surface area contributed by atoms with Crippen molar-refractivity contribution in [2.24, 2.45) is 0 Å².